The minimum Gasteiger partial charge on any atom is -0.450 e. The molecule has 1 rings (SSSR count). The van der Waals surface area contributed by atoms with Gasteiger partial charge in [-0.3, -0.25) is 5.32 Å². The molecule has 5 heteroatoms. The maximum atomic E-state index is 11.1. The molecule has 0 aromatic heterocycles. The van der Waals surface area contributed by atoms with Gasteiger partial charge in [-0.05, 0) is 24.6 Å². The van der Waals surface area contributed by atoms with Gasteiger partial charge in [-0.25, -0.2) is 4.79 Å². The number of anilines is 1. The molecule has 0 radical (unpaired) electrons. The number of ether oxygens (including phenoxy) is 1. The minimum atomic E-state index is -0.772. The van der Waals surface area contributed by atoms with E-state index in [0.717, 1.165) is 0 Å². The fourth-order valence-corrected chi connectivity index (χ4v) is 1.24. The molecule has 1 aromatic carbocycles. The molecule has 0 aliphatic rings. The summed E-state index contributed by atoms with van der Waals surface area (Å²) in [6.07, 6.45) is 0.0424. The normalized spacial score (nSPS) is 11.1. The van der Waals surface area contributed by atoms with Crippen LogP contribution >= 0.6 is 0 Å². The molecule has 0 aliphatic carbocycles. The van der Waals surface area contributed by atoms with Gasteiger partial charge in [0.15, 0.2) is 0 Å². The molecule has 1 amide bonds. The molecule has 0 aliphatic heterocycles. The summed E-state index contributed by atoms with van der Waals surface area (Å²) < 4.78 is 4.71. The third-order valence-electron chi connectivity index (χ3n) is 2.07. The molecule has 0 fully saturated rings. The van der Waals surface area contributed by atoms with E-state index in [4.69, 9.17) is 10.00 Å². The number of rotatable bonds is 4. The third-order valence-corrected chi connectivity index (χ3v) is 2.07. The van der Waals surface area contributed by atoms with Crippen molar-refractivity contribution in [3.8, 4) is 6.07 Å². The SMILES string of the molecule is CCOC(=O)Nc1ccc(C(C#N)C=O)cc1. The Kier molecular flexibility index (Phi) is 4.70. The molecule has 0 heterocycles. The van der Waals surface area contributed by atoms with Crippen molar-refractivity contribution in [2.24, 2.45) is 0 Å². The van der Waals surface area contributed by atoms with Gasteiger partial charge in [0.2, 0.25) is 0 Å². The maximum absolute atomic E-state index is 11.1. The zero-order valence-corrected chi connectivity index (χ0v) is 9.34. The van der Waals surface area contributed by atoms with E-state index in [1.54, 1.807) is 31.2 Å². The van der Waals surface area contributed by atoms with Crippen LogP contribution in [0.1, 0.15) is 18.4 Å². The van der Waals surface area contributed by atoms with Crippen molar-refractivity contribution in [2.75, 3.05) is 11.9 Å². The number of amides is 1. The summed E-state index contributed by atoms with van der Waals surface area (Å²) in [5.74, 6) is -0.772. The highest BCUT2D eigenvalue weighted by molar-refractivity contribution is 5.84. The second kappa shape index (κ2) is 6.28. The second-order valence-electron chi connectivity index (χ2n) is 3.21. The van der Waals surface area contributed by atoms with Gasteiger partial charge in [0.05, 0.1) is 12.7 Å². The van der Waals surface area contributed by atoms with Gasteiger partial charge >= 0.3 is 6.09 Å². The van der Waals surface area contributed by atoms with Gasteiger partial charge in [0.1, 0.15) is 12.2 Å². The first-order valence-corrected chi connectivity index (χ1v) is 5.10. The first-order valence-electron chi connectivity index (χ1n) is 5.10. The monoisotopic (exact) mass is 232 g/mol. The lowest BCUT2D eigenvalue weighted by molar-refractivity contribution is -0.108. The van der Waals surface area contributed by atoms with Crippen molar-refractivity contribution < 1.29 is 14.3 Å². The zero-order chi connectivity index (χ0) is 12.7. The molecule has 1 unspecified atom stereocenters. The first-order chi connectivity index (χ1) is 8.21. The van der Waals surface area contributed by atoms with E-state index < -0.39 is 12.0 Å². The molecule has 1 aromatic rings. The van der Waals surface area contributed by atoms with Crippen molar-refractivity contribution in [1.82, 2.24) is 0 Å². The number of carbonyl (C=O) groups excluding carboxylic acids is 2. The van der Waals surface area contributed by atoms with Gasteiger partial charge in [-0.2, -0.15) is 5.26 Å². The van der Waals surface area contributed by atoms with Crippen molar-refractivity contribution in [2.45, 2.75) is 12.8 Å². The Labute approximate surface area is 99.0 Å². The molecule has 88 valence electrons. The van der Waals surface area contributed by atoms with Gasteiger partial charge in [-0.1, -0.05) is 12.1 Å². The Hall–Kier alpha value is -2.35. The predicted molar refractivity (Wildman–Crippen MR) is 61.5 cm³/mol. The standard InChI is InChI=1S/C12H12N2O3/c1-2-17-12(16)14-11-5-3-9(4-6-11)10(7-13)8-15/h3-6,8,10H,2H2,1H3,(H,14,16). The maximum Gasteiger partial charge on any atom is 0.411 e. The molecule has 0 saturated heterocycles. The molecular formula is C12H12N2O3. The van der Waals surface area contributed by atoms with Crippen molar-refractivity contribution >= 4 is 18.1 Å². The van der Waals surface area contributed by atoms with Gasteiger partial charge < -0.3 is 9.53 Å². The molecular weight excluding hydrogens is 220 g/mol. The summed E-state index contributed by atoms with van der Waals surface area (Å²) in [6, 6.07) is 8.32. The van der Waals surface area contributed by atoms with E-state index in [2.05, 4.69) is 5.32 Å². The summed E-state index contributed by atoms with van der Waals surface area (Å²) in [6.45, 7) is 2.01. The fraction of sp³-hybridized carbons (Fsp3) is 0.250. The van der Waals surface area contributed by atoms with E-state index in [-0.39, 0.29) is 0 Å². The summed E-state index contributed by atoms with van der Waals surface area (Å²) >= 11 is 0. The average Bonchev–Trinajstić information content (AvgIpc) is 2.33. The highest BCUT2D eigenvalue weighted by Gasteiger charge is 2.09. The lowest BCUT2D eigenvalue weighted by Gasteiger charge is -2.06. The summed E-state index contributed by atoms with van der Waals surface area (Å²) in [5, 5.41) is 11.2. The fourth-order valence-electron chi connectivity index (χ4n) is 1.24. The second-order valence-corrected chi connectivity index (χ2v) is 3.21. The minimum absolute atomic E-state index is 0.297. The third kappa shape index (κ3) is 3.61. The van der Waals surface area contributed by atoms with E-state index in [1.165, 1.54) is 0 Å². The Balaban J connectivity index is 2.71. The van der Waals surface area contributed by atoms with Crippen LogP contribution in [0.4, 0.5) is 10.5 Å². The highest BCUT2D eigenvalue weighted by atomic mass is 16.5. The number of carbonyl (C=O) groups is 2. The quantitative estimate of drug-likeness (QED) is 0.806. The Morgan fingerprint density at radius 2 is 2.18 bits per heavy atom. The van der Waals surface area contributed by atoms with E-state index in [1.807, 2.05) is 6.07 Å². The topological polar surface area (TPSA) is 79.2 Å². The van der Waals surface area contributed by atoms with Crippen LogP contribution in [0.3, 0.4) is 0 Å². The molecule has 17 heavy (non-hydrogen) atoms. The Morgan fingerprint density at radius 3 is 2.65 bits per heavy atom. The number of aldehydes is 1. The van der Waals surface area contributed by atoms with Crippen LogP contribution in [0.2, 0.25) is 0 Å². The largest absolute Gasteiger partial charge is 0.450 e. The molecule has 0 bridgehead atoms. The van der Waals surface area contributed by atoms with Crippen LogP contribution < -0.4 is 5.32 Å². The van der Waals surface area contributed by atoms with Gasteiger partial charge in [-0.15, -0.1) is 0 Å². The number of hydrogen-bond donors (Lipinski definition) is 1. The molecule has 1 N–H and O–H groups in total. The number of nitrogens with zero attached hydrogens (tertiary/aromatic N) is 1. The Bertz CT molecular complexity index is 434. The van der Waals surface area contributed by atoms with Gasteiger partial charge in [0.25, 0.3) is 0 Å². The number of hydrogen-bond acceptors (Lipinski definition) is 4. The van der Waals surface area contributed by atoms with Crippen molar-refractivity contribution in [3.05, 3.63) is 29.8 Å². The van der Waals surface area contributed by atoms with E-state index >= 15 is 0 Å². The average molecular weight is 232 g/mol. The summed E-state index contributed by atoms with van der Waals surface area (Å²) in [7, 11) is 0. The lowest BCUT2D eigenvalue weighted by Crippen LogP contribution is -2.13. The van der Waals surface area contributed by atoms with E-state index in [0.29, 0.717) is 24.1 Å². The lowest BCUT2D eigenvalue weighted by atomic mass is 10.0. The van der Waals surface area contributed by atoms with Crippen LogP contribution in [0.5, 0.6) is 0 Å². The van der Waals surface area contributed by atoms with Crippen LogP contribution in [-0.2, 0) is 9.53 Å². The number of nitriles is 1. The summed E-state index contributed by atoms with van der Waals surface area (Å²) in [4.78, 5) is 21.7. The van der Waals surface area contributed by atoms with Crippen molar-refractivity contribution in [1.29, 1.82) is 5.26 Å². The summed E-state index contributed by atoms with van der Waals surface area (Å²) in [5.41, 5.74) is 1.15. The van der Waals surface area contributed by atoms with Crippen LogP contribution in [-0.4, -0.2) is 19.0 Å². The first kappa shape index (κ1) is 12.7. The zero-order valence-electron chi connectivity index (χ0n) is 9.34. The predicted octanol–water partition coefficient (Wildman–Crippen LogP) is 2.06. The highest BCUT2D eigenvalue weighted by Crippen LogP contribution is 2.16. The smallest absolute Gasteiger partial charge is 0.411 e. The molecule has 5 nitrogen and oxygen atoms in total. The van der Waals surface area contributed by atoms with Crippen LogP contribution in [0.15, 0.2) is 24.3 Å². The van der Waals surface area contributed by atoms with Gasteiger partial charge in [0, 0.05) is 5.69 Å². The number of benzene rings is 1. The Morgan fingerprint density at radius 1 is 1.53 bits per heavy atom. The molecule has 0 spiro atoms. The molecule has 1 atom stereocenters. The number of nitrogens with one attached hydrogen (secondary N) is 1. The molecule has 0 saturated carbocycles. The van der Waals surface area contributed by atoms with Crippen LogP contribution in [0.25, 0.3) is 0 Å². The van der Waals surface area contributed by atoms with Crippen molar-refractivity contribution in [3.63, 3.8) is 0 Å². The van der Waals surface area contributed by atoms with Crippen LogP contribution in [0, 0.1) is 11.3 Å². The van der Waals surface area contributed by atoms with E-state index in [9.17, 15) is 9.59 Å².